The summed E-state index contributed by atoms with van der Waals surface area (Å²) in [5.41, 5.74) is 1.21. The number of amides is 1. The van der Waals surface area contributed by atoms with Gasteiger partial charge in [-0.2, -0.15) is 0 Å². The first-order valence-corrected chi connectivity index (χ1v) is 10.2. The average Bonchev–Trinajstić information content (AvgIpc) is 3.32. The molecule has 2 heterocycles. The number of hydrogen-bond donors (Lipinski definition) is 1. The summed E-state index contributed by atoms with van der Waals surface area (Å²) in [6, 6.07) is 3.97. The number of nitrogens with one attached hydrogen (secondary N) is 1. The summed E-state index contributed by atoms with van der Waals surface area (Å²) in [6.07, 6.45) is 9.20. The molecule has 142 valence electrons. The minimum Gasteiger partial charge on any atom is -0.375 e. The average molecular weight is 357 g/mol. The van der Waals surface area contributed by atoms with Gasteiger partial charge in [-0.05, 0) is 49.1 Å². The van der Waals surface area contributed by atoms with Crippen LogP contribution in [0.15, 0.2) is 18.3 Å². The lowest BCUT2D eigenvalue weighted by Gasteiger charge is -2.37. The summed E-state index contributed by atoms with van der Waals surface area (Å²) in [6.45, 7) is 6.91. The van der Waals surface area contributed by atoms with Crippen molar-refractivity contribution in [3.05, 3.63) is 18.3 Å². The monoisotopic (exact) mass is 357 g/mol. The highest BCUT2D eigenvalue weighted by atomic mass is 16.5. The normalized spacial score (nSPS) is 26.1. The van der Waals surface area contributed by atoms with Crippen molar-refractivity contribution in [2.45, 2.75) is 58.5 Å². The molecule has 1 aliphatic heterocycles. The van der Waals surface area contributed by atoms with Gasteiger partial charge in [-0.15, -0.1) is 0 Å². The second-order valence-corrected chi connectivity index (χ2v) is 8.74. The van der Waals surface area contributed by atoms with Crippen LogP contribution in [0.5, 0.6) is 0 Å². The molecule has 0 bridgehead atoms. The SMILES string of the molecule is C[C@@H]1CN(c2ccc(NC(=O)CC(C3CCC3)C3(C)CC3)cn2)CCO1. The minimum atomic E-state index is 0.143. The highest BCUT2D eigenvalue weighted by molar-refractivity contribution is 5.90. The number of aromatic nitrogens is 1. The maximum absolute atomic E-state index is 12.6. The highest BCUT2D eigenvalue weighted by Gasteiger charge is 2.49. The van der Waals surface area contributed by atoms with E-state index < -0.39 is 0 Å². The van der Waals surface area contributed by atoms with E-state index in [0.29, 0.717) is 17.8 Å². The van der Waals surface area contributed by atoms with Crippen LogP contribution in [-0.4, -0.2) is 36.7 Å². The number of carbonyl (C=O) groups excluding carboxylic acids is 1. The summed E-state index contributed by atoms with van der Waals surface area (Å²) in [5, 5.41) is 3.07. The number of nitrogens with zero attached hydrogens (tertiary/aromatic N) is 2. The van der Waals surface area contributed by atoms with Gasteiger partial charge in [0.15, 0.2) is 0 Å². The molecule has 1 amide bonds. The second-order valence-electron chi connectivity index (χ2n) is 8.74. The Morgan fingerprint density at radius 3 is 2.81 bits per heavy atom. The van der Waals surface area contributed by atoms with Crippen LogP contribution in [0.3, 0.4) is 0 Å². The number of anilines is 2. The quantitative estimate of drug-likeness (QED) is 0.840. The summed E-state index contributed by atoms with van der Waals surface area (Å²) < 4.78 is 5.58. The van der Waals surface area contributed by atoms with E-state index in [1.807, 2.05) is 12.1 Å². The molecule has 0 radical (unpaired) electrons. The molecule has 3 aliphatic rings. The number of pyridine rings is 1. The smallest absolute Gasteiger partial charge is 0.224 e. The Morgan fingerprint density at radius 1 is 1.42 bits per heavy atom. The first-order chi connectivity index (χ1) is 12.5. The molecule has 4 rings (SSSR count). The van der Waals surface area contributed by atoms with Crippen molar-refractivity contribution in [3.8, 4) is 0 Å². The van der Waals surface area contributed by atoms with Crippen LogP contribution >= 0.6 is 0 Å². The largest absolute Gasteiger partial charge is 0.375 e. The van der Waals surface area contributed by atoms with E-state index in [9.17, 15) is 4.79 Å². The molecule has 0 spiro atoms. The zero-order chi connectivity index (χ0) is 18.1. The van der Waals surface area contributed by atoms with Crippen LogP contribution in [0.25, 0.3) is 0 Å². The third-order valence-electron chi connectivity index (χ3n) is 6.65. The fourth-order valence-electron chi connectivity index (χ4n) is 4.48. The molecule has 5 nitrogen and oxygen atoms in total. The number of hydrogen-bond acceptors (Lipinski definition) is 4. The van der Waals surface area contributed by atoms with E-state index in [1.54, 1.807) is 6.20 Å². The molecule has 1 aromatic rings. The van der Waals surface area contributed by atoms with Crippen LogP contribution in [-0.2, 0) is 9.53 Å². The van der Waals surface area contributed by atoms with Gasteiger partial charge in [-0.25, -0.2) is 4.98 Å². The molecule has 1 saturated heterocycles. The molecule has 2 saturated carbocycles. The molecule has 1 N–H and O–H groups in total. The van der Waals surface area contributed by atoms with Gasteiger partial charge in [0.05, 0.1) is 24.6 Å². The maximum atomic E-state index is 12.6. The Balaban J connectivity index is 1.34. The zero-order valence-corrected chi connectivity index (χ0v) is 16.0. The fraction of sp³-hybridized carbons (Fsp3) is 0.714. The number of carbonyl (C=O) groups is 1. The predicted octanol–water partition coefficient (Wildman–Crippen LogP) is 3.85. The van der Waals surface area contributed by atoms with Gasteiger partial charge in [0, 0.05) is 19.5 Å². The lowest BCUT2D eigenvalue weighted by atomic mass is 9.68. The van der Waals surface area contributed by atoms with Crippen LogP contribution in [0, 0.1) is 17.3 Å². The zero-order valence-electron chi connectivity index (χ0n) is 16.0. The lowest BCUT2D eigenvalue weighted by molar-refractivity contribution is -0.118. The van der Waals surface area contributed by atoms with E-state index in [1.165, 1.54) is 32.1 Å². The van der Waals surface area contributed by atoms with Gasteiger partial charge < -0.3 is 15.0 Å². The molecule has 1 unspecified atom stereocenters. The van der Waals surface area contributed by atoms with Gasteiger partial charge in [0.2, 0.25) is 5.91 Å². The Labute approximate surface area is 156 Å². The molecule has 0 aromatic carbocycles. The topological polar surface area (TPSA) is 54.5 Å². The van der Waals surface area contributed by atoms with Crippen LogP contribution in [0.1, 0.15) is 52.4 Å². The first kappa shape index (κ1) is 17.8. The van der Waals surface area contributed by atoms with Crippen molar-refractivity contribution in [1.29, 1.82) is 0 Å². The molecular weight excluding hydrogens is 326 g/mol. The molecule has 5 heteroatoms. The number of ether oxygens (including phenoxy) is 1. The molecule has 1 aromatic heterocycles. The van der Waals surface area contributed by atoms with E-state index in [4.69, 9.17) is 4.74 Å². The summed E-state index contributed by atoms with van der Waals surface area (Å²) in [5.74, 6) is 2.41. The first-order valence-electron chi connectivity index (χ1n) is 10.2. The molecule has 2 aliphatic carbocycles. The van der Waals surface area contributed by atoms with Crippen LogP contribution in [0.4, 0.5) is 11.5 Å². The van der Waals surface area contributed by atoms with Crippen LogP contribution < -0.4 is 10.2 Å². The van der Waals surface area contributed by atoms with Crippen molar-refractivity contribution < 1.29 is 9.53 Å². The summed E-state index contributed by atoms with van der Waals surface area (Å²) >= 11 is 0. The van der Waals surface area contributed by atoms with E-state index in [-0.39, 0.29) is 12.0 Å². The van der Waals surface area contributed by atoms with Gasteiger partial charge in [0.1, 0.15) is 5.82 Å². The number of morpholine rings is 1. The van der Waals surface area contributed by atoms with Gasteiger partial charge in [-0.1, -0.05) is 26.2 Å². The Bertz CT molecular complexity index is 637. The van der Waals surface area contributed by atoms with Gasteiger partial charge >= 0.3 is 0 Å². The maximum Gasteiger partial charge on any atom is 0.224 e. The van der Waals surface area contributed by atoms with Crippen molar-refractivity contribution >= 4 is 17.4 Å². The summed E-state index contributed by atoms with van der Waals surface area (Å²) in [7, 11) is 0. The van der Waals surface area contributed by atoms with E-state index in [0.717, 1.165) is 37.1 Å². The standard InChI is InChI=1S/C21H31N3O2/c1-15-14-24(10-11-26-15)19-7-6-17(13-22-19)23-20(25)12-18(16-4-3-5-16)21(2)8-9-21/h6-7,13,15-16,18H,3-5,8-12,14H2,1-2H3,(H,23,25)/t15-,18?/m1/s1. The molecule has 3 fully saturated rings. The van der Waals surface area contributed by atoms with Crippen molar-refractivity contribution in [3.63, 3.8) is 0 Å². The third kappa shape index (κ3) is 3.88. The Morgan fingerprint density at radius 2 is 2.23 bits per heavy atom. The predicted molar refractivity (Wildman–Crippen MR) is 103 cm³/mol. The summed E-state index contributed by atoms with van der Waals surface area (Å²) in [4.78, 5) is 19.4. The van der Waals surface area contributed by atoms with E-state index >= 15 is 0 Å². The van der Waals surface area contributed by atoms with Gasteiger partial charge in [-0.3, -0.25) is 4.79 Å². The van der Waals surface area contributed by atoms with Crippen molar-refractivity contribution in [1.82, 2.24) is 4.98 Å². The lowest BCUT2D eigenvalue weighted by Crippen LogP contribution is -2.41. The van der Waals surface area contributed by atoms with Gasteiger partial charge in [0.25, 0.3) is 0 Å². The Kier molecular flexibility index (Phi) is 4.91. The highest BCUT2D eigenvalue weighted by Crippen LogP contribution is 2.58. The van der Waals surface area contributed by atoms with Crippen molar-refractivity contribution in [2.24, 2.45) is 17.3 Å². The molecule has 2 atom stereocenters. The van der Waals surface area contributed by atoms with E-state index in [2.05, 4.69) is 29.0 Å². The van der Waals surface area contributed by atoms with Crippen LogP contribution in [0.2, 0.25) is 0 Å². The van der Waals surface area contributed by atoms with Crippen molar-refractivity contribution in [2.75, 3.05) is 29.9 Å². The minimum absolute atomic E-state index is 0.143. The molecule has 26 heavy (non-hydrogen) atoms. The fourth-order valence-corrected chi connectivity index (χ4v) is 4.48. The second kappa shape index (κ2) is 7.18. The number of rotatable bonds is 6. The molecular formula is C21H31N3O2. The Hall–Kier alpha value is -1.62. The third-order valence-corrected chi connectivity index (χ3v) is 6.65.